The summed E-state index contributed by atoms with van der Waals surface area (Å²) in [5.41, 5.74) is -0.618. The third-order valence-corrected chi connectivity index (χ3v) is 3.99. The number of aromatic amines is 1. The largest absolute Gasteiger partial charge is 0.493 e. The van der Waals surface area contributed by atoms with Gasteiger partial charge >= 0.3 is 5.69 Å². The standard InChI is InChI=1S/C19H18N4O5/c1-27-15-7-6-12(9-16(15)28-2)22-17(24)14-10-21-19(26)23(18(14)25)11-13-5-3-4-8-20-13/h3-10H,11H2,1-2H3,(H,21,26)(H,22,24). The van der Waals surface area contributed by atoms with E-state index in [-0.39, 0.29) is 12.1 Å². The SMILES string of the molecule is COc1ccc(NC(=O)c2c[nH]c(=O)n(Cc3ccccn3)c2=O)cc1OC. The van der Waals surface area contributed by atoms with Crippen LogP contribution in [0.4, 0.5) is 5.69 Å². The average molecular weight is 382 g/mol. The van der Waals surface area contributed by atoms with Crippen molar-refractivity contribution >= 4 is 11.6 Å². The summed E-state index contributed by atoms with van der Waals surface area (Å²) >= 11 is 0. The molecule has 9 nitrogen and oxygen atoms in total. The van der Waals surface area contributed by atoms with Crippen molar-refractivity contribution in [3.63, 3.8) is 0 Å². The zero-order chi connectivity index (χ0) is 20.1. The van der Waals surface area contributed by atoms with E-state index >= 15 is 0 Å². The number of aromatic nitrogens is 3. The van der Waals surface area contributed by atoms with Gasteiger partial charge in [0.2, 0.25) is 0 Å². The number of benzene rings is 1. The number of hydrogen-bond donors (Lipinski definition) is 2. The molecule has 0 saturated carbocycles. The molecule has 0 aliphatic carbocycles. The van der Waals surface area contributed by atoms with Crippen LogP contribution in [-0.2, 0) is 6.54 Å². The maximum absolute atomic E-state index is 12.7. The van der Waals surface area contributed by atoms with Gasteiger partial charge in [-0.15, -0.1) is 0 Å². The fourth-order valence-electron chi connectivity index (χ4n) is 2.58. The molecule has 2 N–H and O–H groups in total. The molecule has 0 unspecified atom stereocenters. The summed E-state index contributed by atoms with van der Waals surface area (Å²) in [4.78, 5) is 43.8. The molecule has 9 heteroatoms. The van der Waals surface area contributed by atoms with Gasteiger partial charge < -0.3 is 19.8 Å². The Labute approximate surface area is 159 Å². The molecule has 3 rings (SSSR count). The maximum Gasteiger partial charge on any atom is 0.328 e. The van der Waals surface area contributed by atoms with Crippen LogP contribution >= 0.6 is 0 Å². The van der Waals surface area contributed by atoms with Crippen LogP contribution in [-0.4, -0.2) is 34.7 Å². The van der Waals surface area contributed by atoms with Crippen LogP contribution in [0.1, 0.15) is 16.1 Å². The van der Waals surface area contributed by atoms with Gasteiger partial charge in [-0.25, -0.2) is 4.79 Å². The number of amides is 1. The number of carbonyl (C=O) groups is 1. The van der Waals surface area contributed by atoms with Gasteiger partial charge in [0, 0.05) is 24.1 Å². The number of pyridine rings is 1. The van der Waals surface area contributed by atoms with Crippen LogP contribution in [0.25, 0.3) is 0 Å². The van der Waals surface area contributed by atoms with E-state index in [1.165, 1.54) is 14.2 Å². The van der Waals surface area contributed by atoms with Gasteiger partial charge in [0.05, 0.1) is 26.5 Å². The molecule has 0 aliphatic heterocycles. The summed E-state index contributed by atoms with van der Waals surface area (Å²) in [6.07, 6.45) is 2.65. The zero-order valence-corrected chi connectivity index (χ0v) is 15.3. The Morgan fingerprint density at radius 2 is 1.93 bits per heavy atom. The van der Waals surface area contributed by atoms with Gasteiger partial charge in [-0.1, -0.05) is 6.07 Å². The second kappa shape index (κ2) is 8.21. The number of ether oxygens (including phenoxy) is 2. The van der Waals surface area contributed by atoms with Crippen molar-refractivity contribution in [3.8, 4) is 11.5 Å². The minimum absolute atomic E-state index is 0.0491. The smallest absolute Gasteiger partial charge is 0.328 e. The Balaban J connectivity index is 1.89. The highest BCUT2D eigenvalue weighted by Gasteiger charge is 2.16. The lowest BCUT2D eigenvalue weighted by molar-refractivity contribution is 0.102. The zero-order valence-electron chi connectivity index (χ0n) is 15.3. The van der Waals surface area contributed by atoms with Gasteiger partial charge in [0.1, 0.15) is 5.56 Å². The van der Waals surface area contributed by atoms with Crippen molar-refractivity contribution in [2.75, 3.05) is 19.5 Å². The third kappa shape index (κ3) is 3.93. The van der Waals surface area contributed by atoms with E-state index in [0.29, 0.717) is 22.9 Å². The van der Waals surface area contributed by atoms with E-state index < -0.39 is 17.2 Å². The highest BCUT2D eigenvalue weighted by atomic mass is 16.5. The van der Waals surface area contributed by atoms with Gasteiger partial charge in [0.25, 0.3) is 11.5 Å². The molecule has 0 bridgehead atoms. The fourth-order valence-corrected chi connectivity index (χ4v) is 2.58. The van der Waals surface area contributed by atoms with Crippen LogP contribution < -0.4 is 26.0 Å². The first-order valence-corrected chi connectivity index (χ1v) is 8.29. The highest BCUT2D eigenvalue weighted by molar-refractivity contribution is 6.03. The number of rotatable bonds is 6. The molecule has 28 heavy (non-hydrogen) atoms. The number of methoxy groups -OCH3 is 2. The molecule has 0 atom stereocenters. The Kier molecular flexibility index (Phi) is 5.54. The van der Waals surface area contributed by atoms with Crippen LogP contribution in [0, 0.1) is 0 Å². The number of anilines is 1. The van der Waals surface area contributed by atoms with Crippen molar-refractivity contribution < 1.29 is 14.3 Å². The predicted octanol–water partition coefficient (Wildman–Crippen LogP) is 1.25. The van der Waals surface area contributed by atoms with E-state index in [0.717, 1.165) is 10.8 Å². The summed E-state index contributed by atoms with van der Waals surface area (Å²) in [5.74, 6) is 0.264. The molecule has 144 valence electrons. The number of carbonyl (C=O) groups excluding carboxylic acids is 1. The lowest BCUT2D eigenvalue weighted by Gasteiger charge is -2.11. The van der Waals surface area contributed by atoms with E-state index in [2.05, 4.69) is 15.3 Å². The molecule has 0 saturated heterocycles. The molecule has 0 aliphatic rings. The van der Waals surface area contributed by atoms with E-state index in [1.807, 2.05) is 0 Å². The third-order valence-electron chi connectivity index (χ3n) is 3.99. The van der Waals surface area contributed by atoms with E-state index in [9.17, 15) is 14.4 Å². The quantitative estimate of drug-likeness (QED) is 0.663. The first-order chi connectivity index (χ1) is 13.5. The summed E-state index contributed by atoms with van der Waals surface area (Å²) in [6, 6.07) is 9.95. The van der Waals surface area contributed by atoms with Gasteiger partial charge in [-0.3, -0.25) is 19.1 Å². The van der Waals surface area contributed by atoms with Crippen LogP contribution in [0.15, 0.2) is 58.4 Å². The minimum atomic E-state index is -0.715. The Hall–Kier alpha value is -3.88. The van der Waals surface area contributed by atoms with Crippen LogP contribution in [0.5, 0.6) is 11.5 Å². The average Bonchev–Trinajstić information content (AvgIpc) is 2.71. The second-order valence-electron chi connectivity index (χ2n) is 5.74. The molecule has 0 radical (unpaired) electrons. The highest BCUT2D eigenvalue weighted by Crippen LogP contribution is 2.29. The Morgan fingerprint density at radius 1 is 1.14 bits per heavy atom. The number of H-pyrrole nitrogens is 1. The Morgan fingerprint density at radius 3 is 2.61 bits per heavy atom. The number of hydrogen-bond acceptors (Lipinski definition) is 6. The number of nitrogens with zero attached hydrogens (tertiary/aromatic N) is 2. The molecule has 0 spiro atoms. The number of nitrogens with one attached hydrogen (secondary N) is 2. The molecule has 2 aromatic heterocycles. The summed E-state index contributed by atoms with van der Waals surface area (Å²) < 4.78 is 11.3. The molecule has 1 amide bonds. The molecule has 1 aromatic carbocycles. The summed E-state index contributed by atoms with van der Waals surface area (Å²) in [5, 5.41) is 2.61. The topological polar surface area (TPSA) is 115 Å². The summed E-state index contributed by atoms with van der Waals surface area (Å²) in [6.45, 7) is -0.0491. The van der Waals surface area contributed by atoms with E-state index in [4.69, 9.17) is 9.47 Å². The van der Waals surface area contributed by atoms with Gasteiger partial charge in [0.15, 0.2) is 11.5 Å². The molecular formula is C19H18N4O5. The van der Waals surface area contributed by atoms with Crippen molar-refractivity contribution in [1.82, 2.24) is 14.5 Å². The van der Waals surface area contributed by atoms with Gasteiger partial charge in [-0.2, -0.15) is 0 Å². The van der Waals surface area contributed by atoms with Crippen molar-refractivity contribution in [3.05, 3.63) is 80.9 Å². The normalized spacial score (nSPS) is 10.4. The Bertz CT molecular complexity index is 1110. The molecule has 3 aromatic rings. The van der Waals surface area contributed by atoms with Crippen molar-refractivity contribution in [1.29, 1.82) is 0 Å². The van der Waals surface area contributed by atoms with Crippen molar-refractivity contribution in [2.45, 2.75) is 6.54 Å². The predicted molar refractivity (Wildman–Crippen MR) is 102 cm³/mol. The van der Waals surface area contributed by atoms with Gasteiger partial charge in [-0.05, 0) is 24.3 Å². The van der Waals surface area contributed by atoms with E-state index in [1.54, 1.807) is 42.6 Å². The molecule has 2 heterocycles. The lowest BCUT2D eigenvalue weighted by atomic mass is 10.2. The minimum Gasteiger partial charge on any atom is -0.493 e. The summed E-state index contributed by atoms with van der Waals surface area (Å²) in [7, 11) is 2.97. The maximum atomic E-state index is 12.7. The molecule has 0 fully saturated rings. The van der Waals surface area contributed by atoms with Crippen LogP contribution in [0.2, 0.25) is 0 Å². The van der Waals surface area contributed by atoms with Crippen molar-refractivity contribution in [2.24, 2.45) is 0 Å². The monoisotopic (exact) mass is 382 g/mol. The van der Waals surface area contributed by atoms with Crippen LogP contribution in [0.3, 0.4) is 0 Å². The second-order valence-corrected chi connectivity index (χ2v) is 5.74. The fraction of sp³-hybridized carbons (Fsp3) is 0.158. The first kappa shape index (κ1) is 18.9. The lowest BCUT2D eigenvalue weighted by Crippen LogP contribution is -2.39. The first-order valence-electron chi connectivity index (χ1n) is 8.29. The molecular weight excluding hydrogens is 364 g/mol.